The second kappa shape index (κ2) is 24.1. The quantitative estimate of drug-likeness (QED) is 0.100. The molecule has 0 aromatic carbocycles. The van der Waals surface area contributed by atoms with Gasteiger partial charge in [0.1, 0.15) is 0 Å². The van der Waals surface area contributed by atoms with Crippen LogP contribution in [0.1, 0.15) is 170 Å². The fourth-order valence-electron chi connectivity index (χ4n) is 18.2. The Morgan fingerprint density at radius 3 is 1.24 bits per heavy atom. The molecule has 8 rings (SSSR count). The number of carbonyl (C=O) groups is 2. The van der Waals surface area contributed by atoms with E-state index in [0.717, 1.165) is 77.0 Å². The first-order chi connectivity index (χ1) is 31.7. The molecule has 8 fully saturated rings. The predicted molar refractivity (Wildman–Crippen MR) is 257 cm³/mol. The molecule has 0 aromatic rings. The first-order valence-corrected chi connectivity index (χ1v) is 30.0. The van der Waals surface area contributed by atoms with Gasteiger partial charge in [-0.1, -0.05) is 41.5 Å². The zero-order valence-corrected chi connectivity index (χ0v) is 49.7. The number of amides is 2. The fourth-order valence-corrected chi connectivity index (χ4v) is 19.0. The van der Waals surface area contributed by atoms with E-state index in [-0.39, 0.29) is 142 Å². The van der Waals surface area contributed by atoms with Gasteiger partial charge in [0.25, 0.3) is 0 Å². The van der Waals surface area contributed by atoms with Crippen molar-refractivity contribution in [3.8, 4) is 0 Å². The van der Waals surface area contributed by atoms with E-state index in [2.05, 4.69) is 52.2 Å². The molecule has 20 atom stereocenters. The number of rotatable bonds is 14. The molecule has 0 bridgehead atoms. The van der Waals surface area contributed by atoms with Gasteiger partial charge in [-0.25, -0.2) is 16.8 Å². The van der Waals surface area contributed by atoms with Crippen molar-refractivity contribution in [2.75, 3.05) is 24.6 Å². The second-order valence-corrected chi connectivity index (χ2v) is 28.1. The number of nitrogens with one attached hydrogen (secondary N) is 2. The maximum atomic E-state index is 12.2. The summed E-state index contributed by atoms with van der Waals surface area (Å²) in [6, 6.07) is 0. The molecule has 0 heterocycles. The minimum absolute atomic E-state index is 0. The van der Waals surface area contributed by atoms with Gasteiger partial charge in [0.05, 0.1) is 56.2 Å². The van der Waals surface area contributed by atoms with Gasteiger partial charge in [0.15, 0.2) is 0 Å². The molecule has 6 N–H and O–H groups in total. The number of hydrogen-bond acceptors (Lipinski definition) is 12. The summed E-state index contributed by atoms with van der Waals surface area (Å²) in [6.45, 7) is 13.6. The van der Waals surface area contributed by atoms with Crippen LogP contribution in [0.15, 0.2) is 0 Å². The van der Waals surface area contributed by atoms with Crippen molar-refractivity contribution in [1.82, 2.24) is 10.6 Å². The molecule has 8 unspecified atom stereocenters. The average molecular weight is 1040 g/mol. The molecule has 14 nitrogen and oxygen atoms in total. The van der Waals surface area contributed by atoms with Crippen LogP contribution in [-0.4, -0.2) is 107 Å². The number of fused-ring (bicyclic) bond motifs is 10. The van der Waals surface area contributed by atoms with Gasteiger partial charge >= 0.3 is 59.1 Å². The van der Waals surface area contributed by atoms with E-state index in [1.807, 2.05) is 0 Å². The van der Waals surface area contributed by atoms with Crippen molar-refractivity contribution in [3.63, 3.8) is 0 Å². The fraction of sp³-hybridized carbons (Fsp3) is 0.962. The van der Waals surface area contributed by atoms with Gasteiger partial charge in [-0.15, -0.1) is 0 Å². The van der Waals surface area contributed by atoms with Crippen LogP contribution in [0.5, 0.6) is 0 Å². The summed E-state index contributed by atoms with van der Waals surface area (Å²) in [6.07, 6.45) is 17.7. The van der Waals surface area contributed by atoms with Gasteiger partial charge in [-0.3, -0.25) is 9.59 Å². The minimum atomic E-state index is -4.32. The molecule has 2 amide bonds. The van der Waals surface area contributed by atoms with Crippen molar-refractivity contribution in [2.24, 2.45) is 92.7 Å². The van der Waals surface area contributed by atoms with E-state index < -0.39 is 31.7 Å². The molecule has 0 radical (unpaired) electrons. The Kier molecular flexibility index (Phi) is 21.1. The molecule has 8 aliphatic rings. The van der Waals surface area contributed by atoms with Crippen LogP contribution in [0.3, 0.4) is 0 Å². The van der Waals surface area contributed by atoms with Crippen molar-refractivity contribution in [2.45, 2.75) is 194 Å². The van der Waals surface area contributed by atoms with Crippen LogP contribution >= 0.6 is 0 Å². The van der Waals surface area contributed by atoms with Gasteiger partial charge in [0, 0.05) is 25.9 Å². The van der Waals surface area contributed by atoms with E-state index in [1.165, 1.54) is 25.7 Å². The van der Waals surface area contributed by atoms with Gasteiger partial charge in [0.2, 0.25) is 11.8 Å². The first kappa shape index (κ1) is 61.5. The summed E-state index contributed by atoms with van der Waals surface area (Å²) >= 11 is 0. The van der Waals surface area contributed by atoms with E-state index in [1.54, 1.807) is 0 Å². The van der Waals surface area contributed by atoms with E-state index in [9.17, 15) is 56.0 Å². The Morgan fingerprint density at radius 1 is 0.543 bits per heavy atom. The minimum Gasteiger partial charge on any atom is -0.748 e. The van der Waals surface area contributed by atoms with Crippen LogP contribution in [0.25, 0.3) is 0 Å². The molecule has 8 saturated carbocycles. The smallest absolute Gasteiger partial charge is 0.748 e. The molecule has 392 valence electrons. The second-order valence-electron chi connectivity index (χ2n) is 25.0. The van der Waals surface area contributed by atoms with Crippen LogP contribution < -0.4 is 69.7 Å². The summed E-state index contributed by atoms with van der Waals surface area (Å²) in [5.41, 5.74) is 0.184. The maximum absolute atomic E-state index is 12.2. The normalized spacial score (nSPS) is 43.8. The summed E-state index contributed by atoms with van der Waals surface area (Å²) in [5, 5.41) is 48.8. The van der Waals surface area contributed by atoms with Crippen molar-refractivity contribution >= 4 is 32.1 Å². The van der Waals surface area contributed by atoms with Gasteiger partial charge in [-0.05, 0) is 208 Å². The third-order valence-electron chi connectivity index (χ3n) is 22.0. The average Bonchev–Trinajstić information content (AvgIpc) is 3.81. The number of carbonyl (C=O) groups excluding carboxylic acids is 2. The molecule has 70 heavy (non-hydrogen) atoms. The SMILES string of the molecule is C[C@H](CCC(=O)NCCS(=O)(=O)[O-])[C@H]1CCC2C3CCC4C[C@H](O)CC[C@]4(C)C3C[C@H](O)[C@@]21C.C[C@H](CCC(=O)NCCS(=O)(=O)[O-])[C@H]1CCC2C3CCC4C[C@H](O)CC[C@]4(C)C3C[C@H](O)[C@@]21C.[Na+].[Na+]. The molecule has 0 saturated heterocycles. The Morgan fingerprint density at radius 2 is 0.900 bits per heavy atom. The van der Waals surface area contributed by atoms with Gasteiger partial charge < -0.3 is 40.2 Å². The largest absolute Gasteiger partial charge is 1.00 e. The first-order valence-electron chi connectivity index (χ1n) is 26.8. The van der Waals surface area contributed by atoms with Crippen molar-refractivity contribution in [3.05, 3.63) is 0 Å². The Bertz CT molecular complexity index is 1880. The van der Waals surface area contributed by atoms with Gasteiger partial charge in [-0.2, -0.15) is 0 Å². The van der Waals surface area contributed by atoms with Crippen LogP contribution in [0.2, 0.25) is 0 Å². The van der Waals surface area contributed by atoms with Crippen LogP contribution in [0.4, 0.5) is 0 Å². The van der Waals surface area contributed by atoms with Crippen molar-refractivity contribution in [1.29, 1.82) is 0 Å². The standard InChI is InChI=1S/2C26H45NO6S.2Na/c2*1-16(4-9-24(30)27-12-13-34(31,32)33)20-7-8-21-19-6-5-17-14-18(28)10-11-25(17,2)22(19)15-23(29)26(20,21)3;;/h2*16-23,28-29H,4-15H2,1-3H3,(H,27,30)(H,31,32,33);;/q;;2*+1/p-2/t2*16-,17?,18-,19?,20-,21?,22?,23+,25+,26-;;/m11../s1. The van der Waals surface area contributed by atoms with E-state index in [4.69, 9.17) is 0 Å². The number of aliphatic hydroxyl groups excluding tert-OH is 4. The Labute approximate surface area is 465 Å². The number of hydrogen-bond donors (Lipinski definition) is 6. The molecular formula is C52H88N2Na2O12S2. The third-order valence-corrected chi connectivity index (χ3v) is 23.4. The predicted octanol–water partition coefficient (Wildman–Crippen LogP) is 0.117. The monoisotopic (exact) mass is 1040 g/mol. The Balaban J connectivity index is 0.000000254. The van der Waals surface area contributed by atoms with Crippen LogP contribution in [0, 0.1) is 92.7 Å². The summed E-state index contributed by atoms with van der Waals surface area (Å²) in [4.78, 5) is 24.4. The molecule has 0 aromatic heterocycles. The summed E-state index contributed by atoms with van der Waals surface area (Å²) < 4.78 is 64.3. The number of aliphatic hydroxyl groups is 4. The zero-order valence-electron chi connectivity index (χ0n) is 44.1. The molecular weight excluding hydrogens is 955 g/mol. The summed E-state index contributed by atoms with van der Waals surface area (Å²) in [5.74, 6) is 4.20. The molecule has 0 aliphatic heterocycles. The molecule has 0 spiro atoms. The molecule has 8 aliphatic carbocycles. The van der Waals surface area contributed by atoms with E-state index in [0.29, 0.717) is 84.9 Å². The Hall–Kier alpha value is 0.600. The maximum Gasteiger partial charge on any atom is 1.00 e. The van der Waals surface area contributed by atoms with Crippen molar-refractivity contribution < 1.29 is 115 Å². The van der Waals surface area contributed by atoms with Crippen LogP contribution in [-0.2, 0) is 29.8 Å². The summed E-state index contributed by atoms with van der Waals surface area (Å²) in [7, 11) is -8.64. The topological polar surface area (TPSA) is 254 Å². The van der Waals surface area contributed by atoms with E-state index >= 15 is 0 Å². The zero-order chi connectivity index (χ0) is 49.8. The molecule has 18 heteroatoms. The third kappa shape index (κ3) is 12.8.